The largest absolute Gasteiger partial charge is 0.468 e. The number of carbonyl (C=O) groups excluding carboxylic acids is 1. The molecule has 2 N–H and O–H groups in total. The third-order valence-electron chi connectivity index (χ3n) is 2.60. The first-order valence-corrected chi connectivity index (χ1v) is 5.64. The summed E-state index contributed by atoms with van der Waals surface area (Å²) in [7, 11) is 1.32. The molecule has 0 radical (unpaired) electrons. The summed E-state index contributed by atoms with van der Waals surface area (Å²) >= 11 is 0. The molecular weight excluding hydrogens is 230 g/mol. The maximum Gasteiger partial charge on any atom is 0.323 e. The van der Waals surface area contributed by atoms with E-state index < -0.39 is 12.0 Å². The Morgan fingerprint density at radius 3 is 2.78 bits per heavy atom. The van der Waals surface area contributed by atoms with E-state index in [1.54, 1.807) is 4.68 Å². The summed E-state index contributed by atoms with van der Waals surface area (Å²) in [5.74, 6) is -0.427. The first-order valence-electron chi connectivity index (χ1n) is 5.64. The van der Waals surface area contributed by atoms with Crippen LogP contribution in [0.5, 0.6) is 0 Å². The quantitative estimate of drug-likeness (QED) is 0.813. The summed E-state index contributed by atoms with van der Waals surface area (Å²) in [6.07, 6.45) is 2.21. The summed E-state index contributed by atoms with van der Waals surface area (Å²) in [4.78, 5) is 11.2. The number of methoxy groups -OCH3 is 1. The number of nitrogens with zero attached hydrogens (tertiary/aromatic N) is 2. The van der Waals surface area contributed by atoms with Crippen molar-refractivity contribution in [2.45, 2.75) is 12.5 Å². The minimum atomic E-state index is -0.672. The average molecular weight is 245 g/mol. The maximum absolute atomic E-state index is 11.2. The first kappa shape index (κ1) is 12.3. The van der Waals surface area contributed by atoms with Crippen molar-refractivity contribution in [1.29, 1.82) is 0 Å². The summed E-state index contributed by atoms with van der Waals surface area (Å²) in [5, 5.41) is 4.37. The van der Waals surface area contributed by atoms with E-state index in [0.717, 1.165) is 11.4 Å². The van der Waals surface area contributed by atoms with E-state index >= 15 is 0 Å². The lowest BCUT2D eigenvalue weighted by Gasteiger charge is -2.06. The fourth-order valence-corrected chi connectivity index (χ4v) is 1.66. The minimum absolute atomic E-state index is 0.368. The molecule has 0 fully saturated rings. The Kier molecular flexibility index (Phi) is 3.74. The van der Waals surface area contributed by atoms with E-state index in [9.17, 15) is 4.79 Å². The topological polar surface area (TPSA) is 70.1 Å². The van der Waals surface area contributed by atoms with E-state index in [1.165, 1.54) is 7.11 Å². The van der Waals surface area contributed by atoms with Crippen LogP contribution in [0.25, 0.3) is 5.69 Å². The van der Waals surface area contributed by atoms with Crippen molar-refractivity contribution in [3.05, 3.63) is 48.3 Å². The molecule has 1 atom stereocenters. The molecule has 0 aliphatic rings. The minimum Gasteiger partial charge on any atom is -0.468 e. The van der Waals surface area contributed by atoms with Gasteiger partial charge in [-0.3, -0.25) is 4.79 Å². The number of nitrogens with two attached hydrogens (primary N) is 1. The number of benzene rings is 1. The molecule has 1 heterocycles. The monoisotopic (exact) mass is 245 g/mol. The van der Waals surface area contributed by atoms with Crippen LogP contribution in [0.2, 0.25) is 0 Å². The van der Waals surface area contributed by atoms with Crippen LogP contribution in [0.4, 0.5) is 0 Å². The number of ether oxygens (including phenoxy) is 1. The molecule has 0 aliphatic carbocycles. The zero-order valence-corrected chi connectivity index (χ0v) is 10.1. The van der Waals surface area contributed by atoms with Crippen molar-refractivity contribution in [3.8, 4) is 5.69 Å². The van der Waals surface area contributed by atoms with Crippen LogP contribution in [0, 0.1) is 0 Å². The number of rotatable bonds is 4. The van der Waals surface area contributed by atoms with Gasteiger partial charge in [0.2, 0.25) is 0 Å². The van der Waals surface area contributed by atoms with Crippen LogP contribution in [0.1, 0.15) is 5.69 Å². The van der Waals surface area contributed by atoms with E-state index in [0.29, 0.717) is 6.42 Å². The van der Waals surface area contributed by atoms with Gasteiger partial charge in [-0.25, -0.2) is 4.68 Å². The highest BCUT2D eigenvalue weighted by Gasteiger charge is 2.15. The van der Waals surface area contributed by atoms with Gasteiger partial charge in [-0.1, -0.05) is 18.2 Å². The van der Waals surface area contributed by atoms with Crippen molar-refractivity contribution >= 4 is 5.97 Å². The molecule has 94 valence electrons. The lowest BCUT2D eigenvalue weighted by molar-refractivity contribution is -0.142. The Labute approximate surface area is 105 Å². The molecule has 0 saturated carbocycles. The highest BCUT2D eigenvalue weighted by Crippen LogP contribution is 2.08. The second-order valence-electron chi connectivity index (χ2n) is 3.92. The van der Waals surface area contributed by atoms with Crippen LogP contribution in [-0.4, -0.2) is 28.9 Å². The molecule has 1 aromatic carbocycles. The molecule has 5 nitrogen and oxygen atoms in total. The maximum atomic E-state index is 11.2. The second-order valence-corrected chi connectivity index (χ2v) is 3.92. The molecule has 5 heteroatoms. The smallest absolute Gasteiger partial charge is 0.323 e. The molecule has 0 saturated heterocycles. The van der Waals surface area contributed by atoms with Crippen LogP contribution >= 0.6 is 0 Å². The Balaban J connectivity index is 2.09. The van der Waals surface area contributed by atoms with Crippen LogP contribution in [0.15, 0.2) is 42.6 Å². The molecule has 1 aromatic heterocycles. The predicted octanol–water partition coefficient (Wildman–Crippen LogP) is 0.915. The van der Waals surface area contributed by atoms with Gasteiger partial charge in [-0.15, -0.1) is 0 Å². The number of aromatic nitrogens is 2. The molecular formula is C13H15N3O2. The van der Waals surface area contributed by atoms with E-state index in [1.807, 2.05) is 42.6 Å². The van der Waals surface area contributed by atoms with Gasteiger partial charge >= 0.3 is 5.97 Å². The van der Waals surface area contributed by atoms with Gasteiger partial charge < -0.3 is 10.5 Å². The zero-order valence-electron chi connectivity index (χ0n) is 10.1. The van der Waals surface area contributed by atoms with Crippen LogP contribution < -0.4 is 5.73 Å². The zero-order chi connectivity index (χ0) is 13.0. The average Bonchev–Trinajstić information content (AvgIpc) is 2.87. The van der Waals surface area contributed by atoms with Gasteiger partial charge in [0.1, 0.15) is 6.04 Å². The van der Waals surface area contributed by atoms with E-state index in [4.69, 9.17) is 5.73 Å². The van der Waals surface area contributed by atoms with Crippen molar-refractivity contribution in [3.63, 3.8) is 0 Å². The van der Waals surface area contributed by atoms with Gasteiger partial charge in [0.25, 0.3) is 0 Å². The molecule has 2 rings (SSSR count). The molecule has 18 heavy (non-hydrogen) atoms. The van der Waals surface area contributed by atoms with Gasteiger partial charge in [-0.2, -0.15) is 5.10 Å². The lowest BCUT2D eigenvalue weighted by Crippen LogP contribution is -2.33. The normalized spacial score (nSPS) is 12.1. The highest BCUT2D eigenvalue weighted by atomic mass is 16.5. The van der Waals surface area contributed by atoms with Crippen molar-refractivity contribution in [2.24, 2.45) is 5.73 Å². The number of carbonyl (C=O) groups is 1. The van der Waals surface area contributed by atoms with Crippen LogP contribution in [-0.2, 0) is 16.0 Å². The third kappa shape index (κ3) is 2.75. The summed E-state index contributed by atoms with van der Waals surface area (Å²) in [5.41, 5.74) is 7.41. The van der Waals surface area contributed by atoms with Gasteiger partial charge in [-0.05, 0) is 18.2 Å². The van der Waals surface area contributed by atoms with E-state index in [-0.39, 0.29) is 0 Å². The fourth-order valence-electron chi connectivity index (χ4n) is 1.66. The Bertz CT molecular complexity index is 522. The molecule has 0 unspecified atom stereocenters. The SMILES string of the molecule is COC(=O)[C@@H](N)Cc1ccn(-c2ccccc2)n1. The van der Waals surface area contributed by atoms with Gasteiger partial charge in [0.05, 0.1) is 18.5 Å². The molecule has 0 aliphatic heterocycles. The Morgan fingerprint density at radius 1 is 1.39 bits per heavy atom. The number of esters is 1. The fraction of sp³-hybridized carbons (Fsp3) is 0.231. The predicted molar refractivity (Wildman–Crippen MR) is 67.3 cm³/mol. The van der Waals surface area contributed by atoms with Crippen molar-refractivity contribution in [1.82, 2.24) is 9.78 Å². The Hall–Kier alpha value is -2.14. The molecule has 0 amide bonds. The second kappa shape index (κ2) is 5.46. The number of hydrogen-bond donors (Lipinski definition) is 1. The molecule has 2 aromatic rings. The van der Waals surface area contributed by atoms with Crippen molar-refractivity contribution < 1.29 is 9.53 Å². The summed E-state index contributed by atoms with van der Waals surface area (Å²) < 4.78 is 6.33. The van der Waals surface area contributed by atoms with Gasteiger partial charge in [0.15, 0.2) is 0 Å². The standard InChI is InChI=1S/C13H15N3O2/c1-18-13(17)12(14)9-10-7-8-16(15-10)11-5-3-2-4-6-11/h2-8,12H,9,14H2,1H3/t12-/m0/s1. The van der Waals surface area contributed by atoms with E-state index in [2.05, 4.69) is 9.84 Å². The summed E-state index contributed by atoms with van der Waals surface area (Å²) in [6.45, 7) is 0. The summed E-state index contributed by atoms with van der Waals surface area (Å²) in [6, 6.07) is 10.9. The number of hydrogen-bond acceptors (Lipinski definition) is 4. The Morgan fingerprint density at radius 2 is 2.11 bits per heavy atom. The van der Waals surface area contributed by atoms with Gasteiger partial charge in [0, 0.05) is 12.6 Å². The van der Waals surface area contributed by atoms with Crippen LogP contribution in [0.3, 0.4) is 0 Å². The third-order valence-corrected chi connectivity index (χ3v) is 2.60. The molecule has 0 bridgehead atoms. The first-order chi connectivity index (χ1) is 8.70. The highest BCUT2D eigenvalue weighted by molar-refractivity contribution is 5.75. The molecule has 0 spiro atoms. The lowest BCUT2D eigenvalue weighted by atomic mass is 10.2. The number of para-hydroxylation sites is 1. The van der Waals surface area contributed by atoms with Crippen molar-refractivity contribution in [2.75, 3.05) is 7.11 Å².